The van der Waals surface area contributed by atoms with Gasteiger partial charge < -0.3 is 16.0 Å². The van der Waals surface area contributed by atoms with Crippen LogP contribution in [-0.4, -0.2) is 40.9 Å². The van der Waals surface area contributed by atoms with Crippen LogP contribution in [0.2, 0.25) is 0 Å². The molecule has 1 amide bonds. The number of aryl methyl sites for hydroxylation is 1. The number of aromatic nitrogens is 2. The Bertz CT molecular complexity index is 504. The van der Waals surface area contributed by atoms with Gasteiger partial charge in [0.1, 0.15) is 5.69 Å². The number of anilines is 2. The van der Waals surface area contributed by atoms with Crippen LogP contribution in [-0.2, 0) is 4.79 Å². The van der Waals surface area contributed by atoms with E-state index in [1.54, 1.807) is 6.92 Å². The van der Waals surface area contributed by atoms with Gasteiger partial charge in [0.2, 0.25) is 17.7 Å². The van der Waals surface area contributed by atoms with Crippen molar-refractivity contribution in [3.63, 3.8) is 0 Å². The predicted octanol–water partition coefficient (Wildman–Crippen LogP) is -0.152. The number of nitrogens with zero attached hydrogens (tertiary/aromatic N) is 4. The second-order valence-corrected chi connectivity index (χ2v) is 3.78. The fraction of sp³-hybridized carbons (Fsp3) is 0.500. The normalized spacial score (nSPS) is 10.1. The molecule has 0 fully saturated rings. The molecule has 3 N–H and O–H groups in total. The highest BCUT2D eigenvalue weighted by atomic mass is 16.6. The van der Waals surface area contributed by atoms with Crippen molar-refractivity contribution in [2.45, 2.75) is 13.8 Å². The Morgan fingerprint density at radius 2 is 2.16 bits per heavy atom. The summed E-state index contributed by atoms with van der Waals surface area (Å²) in [4.78, 5) is 31.1. The molecule has 0 bridgehead atoms. The molecule has 0 aliphatic heterocycles. The zero-order chi connectivity index (χ0) is 14.6. The number of nitrogens with two attached hydrogens (primary N) is 1. The van der Waals surface area contributed by atoms with Gasteiger partial charge in [-0.3, -0.25) is 14.9 Å². The standard InChI is InChI=1S/C10H16N6O3/c1-4-15(5-7(17)12-3)9-8(16(18)19)6(2)13-10(11)14-9/h4-5H2,1-3H3,(H,12,17)(H2,11,13,14). The summed E-state index contributed by atoms with van der Waals surface area (Å²) in [7, 11) is 1.49. The van der Waals surface area contributed by atoms with Crippen LogP contribution >= 0.6 is 0 Å². The van der Waals surface area contributed by atoms with E-state index in [0.717, 1.165) is 0 Å². The van der Waals surface area contributed by atoms with E-state index in [2.05, 4.69) is 15.3 Å². The van der Waals surface area contributed by atoms with E-state index in [1.807, 2.05) is 0 Å². The van der Waals surface area contributed by atoms with Crippen LogP contribution in [0.3, 0.4) is 0 Å². The number of carbonyl (C=O) groups excluding carboxylic acids is 1. The second-order valence-electron chi connectivity index (χ2n) is 3.78. The second kappa shape index (κ2) is 5.94. The summed E-state index contributed by atoms with van der Waals surface area (Å²) in [5.41, 5.74) is 5.45. The van der Waals surface area contributed by atoms with Crippen molar-refractivity contribution in [3.8, 4) is 0 Å². The summed E-state index contributed by atoms with van der Waals surface area (Å²) in [6.07, 6.45) is 0. The highest BCUT2D eigenvalue weighted by Crippen LogP contribution is 2.28. The van der Waals surface area contributed by atoms with E-state index >= 15 is 0 Å². The minimum Gasteiger partial charge on any atom is -0.368 e. The molecule has 1 heterocycles. The minimum absolute atomic E-state index is 0.0380. The monoisotopic (exact) mass is 268 g/mol. The van der Waals surface area contributed by atoms with Gasteiger partial charge in [-0.25, -0.2) is 4.98 Å². The Labute approximate surface area is 110 Å². The van der Waals surface area contributed by atoms with Crippen molar-refractivity contribution in [2.24, 2.45) is 0 Å². The molecule has 104 valence electrons. The third kappa shape index (κ3) is 3.27. The lowest BCUT2D eigenvalue weighted by molar-refractivity contribution is -0.385. The van der Waals surface area contributed by atoms with Gasteiger partial charge in [0.25, 0.3) is 0 Å². The van der Waals surface area contributed by atoms with Crippen molar-refractivity contribution in [1.82, 2.24) is 15.3 Å². The number of likely N-dealkylation sites (N-methyl/N-ethyl adjacent to an activating group) is 2. The molecule has 0 aliphatic rings. The zero-order valence-electron chi connectivity index (χ0n) is 11.0. The smallest absolute Gasteiger partial charge is 0.332 e. The molecule has 9 heteroatoms. The lowest BCUT2D eigenvalue weighted by atomic mass is 10.3. The first-order valence-corrected chi connectivity index (χ1v) is 5.64. The Morgan fingerprint density at radius 3 is 2.63 bits per heavy atom. The molecule has 0 saturated heterocycles. The summed E-state index contributed by atoms with van der Waals surface area (Å²) < 4.78 is 0. The third-order valence-corrected chi connectivity index (χ3v) is 2.53. The van der Waals surface area contributed by atoms with Gasteiger partial charge in [-0.05, 0) is 13.8 Å². The maximum Gasteiger partial charge on any atom is 0.332 e. The lowest BCUT2D eigenvalue weighted by Crippen LogP contribution is -2.36. The number of amides is 1. The molecule has 0 aliphatic carbocycles. The maximum absolute atomic E-state index is 11.4. The van der Waals surface area contributed by atoms with Gasteiger partial charge >= 0.3 is 5.69 Å². The van der Waals surface area contributed by atoms with Crippen LogP contribution in [0.25, 0.3) is 0 Å². The number of rotatable bonds is 5. The van der Waals surface area contributed by atoms with Crippen LogP contribution in [0.1, 0.15) is 12.6 Å². The van der Waals surface area contributed by atoms with Crippen molar-refractivity contribution in [3.05, 3.63) is 15.8 Å². The van der Waals surface area contributed by atoms with E-state index in [-0.39, 0.29) is 35.6 Å². The number of nitrogen functional groups attached to an aromatic ring is 1. The van der Waals surface area contributed by atoms with Crippen LogP contribution in [0, 0.1) is 17.0 Å². The molecule has 1 aromatic heterocycles. The Balaban J connectivity index is 3.29. The van der Waals surface area contributed by atoms with Gasteiger partial charge in [0.15, 0.2) is 0 Å². The summed E-state index contributed by atoms with van der Waals surface area (Å²) in [5.74, 6) is -0.277. The number of hydrogen-bond acceptors (Lipinski definition) is 7. The van der Waals surface area contributed by atoms with Crippen molar-refractivity contribution in [1.29, 1.82) is 0 Å². The van der Waals surface area contributed by atoms with E-state index in [0.29, 0.717) is 6.54 Å². The van der Waals surface area contributed by atoms with Crippen LogP contribution in [0.4, 0.5) is 17.5 Å². The number of hydrogen-bond donors (Lipinski definition) is 2. The first-order chi connectivity index (χ1) is 8.90. The van der Waals surface area contributed by atoms with E-state index in [4.69, 9.17) is 5.73 Å². The zero-order valence-corrected chi connectivity index (χ0v) is 11.0. The van der Waals surface area contributed by atoms with Gasteiger partial charge in [0.05, 0.1) is 11.5 Å². The highest BCUT2D eigenvalue weighted by Gasteiger charge is 2.26. The average Bonchev–Trinajstić information content (AvgIpc) is 2.33. The average molecular weight is 268 g/mol. The largest absolute Gasteiger partial charge is 0.368 e. The summed E-state index contributed by atoms with van der Waals surface area (Å²) in [6, 6.07) is 0. The number of nitrogens with one attached hydrogen (secondary N) is 1. The summed E-state index contributed by atoms with van der Waals surface area (Å²) >= 11 is 0. The van der Waals surface area contributed by atoms with E-state index < -0.39 is 4.92 Å². The Morgan fingerprint density at radius 1 is 1.53 bits per heavy atom. The lowest BCUT2D eigenvalue weighted by Gasteiger charge is -2.21. The first-order valence-electron chi connectivity index (χ1n) is 5.64. The molecular weight excluding hydrogens is 252 g/mol. The molecule has 9 nitrogen and oxygen atoms in total. The van der Waals surface area contributed by atoms with Crippen LogP contribution in [0.15, 0.2) is 0 Å². The predicted molar refractivity (Wildman–Crippen MR) is 69.8 cm³/mol. The quantitative estimate of drug-likeness (QED) is 0.561. The fourth-order valence-corrected chi connectivity index (χ4v) is 1.60. The number of carbonyl (C=O) groups is 1. The molecule has 1 rings (SSSR count). The fourth-order valence-electron chi connectivity index (χ4n) is 1.60. The summed E-state index contributed by atoms with van der Waals surface area (Å²) in [6.45, 7) is 3.58. The first kappa shape index (κ1) is 14.6. The number of nitro groups is 1. The van der Waals surface area contributed by atoms with Gasteiger partial charge in [0, 0.05) is 13.6 Å². The SMILES string of the molecule is CCN(CC(=O)NC)c1nc(N)nc(C)c1[N+](=O)[O-]. The van der Waals surface area contributed by atoms with E-state index in [9.17, 15) is 14.9 Å². The molecule has 0 spiro atoms. The summed E-state index contributed by atoms with van der Waals surface area (Å²) in [5, 5.41) is 13.5. The van der Waals surface area contributed by atoms with E-state index in [1.165, 1.54) is 18.9 Å². The van der Waals surface area contributed by atoms with Gasteiger partial charge in [-0.15, -0.1) is 0 Å². The molecule has 0 radical (unpaired) electrons. The molecule has 0 atom stereocenters. The maximum atomic E-state index is 11.4. The van der Waals surface area contributed by atoms with Crippen molar-refractivity contribution in [2.75, 3.05) is 30.8 Å². The van der Waals surface area contributed by atoms with Crippen molar-refractivity contribution < 1.29 is 9.72 Å². The Hall–Kier alpha value is -2.45. The molecule has 0 aromatic carbocycles. The van der Waals surface area contributed by atoms with Crippen LogP contribution in [0.5, 0.6) is 0 Å². The Kier molecular flexibility index (Phi) is 4.56. The van der Waals surface area contributed by atoms with Crippen molar-refractivity contribution >= 4 is 23.4 Å². The molecule has 1 aromatic rings. The highest BCUT2D eigenvalue weighted by molar-refractivity contribution is 5.81. The molecular formula is C10H16N6O3. The molecule has 0 unspecified atom stereocenters. The molecule has 0 saturated carbocycles. The molecule has 19 heavy (non-hydrogen) atoms. The third-order valence-electron chi connectivity index (χ3n) is 2.53. The van der Waals surface area contributed by atoms with Gasteiger partial charge in [-0.1, -0.05) is 0 Å². The van der Waals surface area contributed by atoms with Crippen LogP contribution < -0.4 is 16.0 Å². The topological polar surface area (TPSA) is 127 Å². The minimum atomic E-state index is -0.573. The van der Waals surface area contributed by atoms with Gasteiger partial charge in [-0.2, -0.15) is 4.98 Å².